The maximum Gasteiger partial charge on any atom is 0.344 e. The van der Waals surface area contributed by atoms with Crippen LogP contribution in [-0.2, 0) is 15.1 Å². The minimum atomic E-state index is -1.37. The number of imide groups is 1. The van der Waals surface area contributed by atoms with E-state index in [2.05, 4.69) is 10.7 Å². The SMILES string of the molecule is O=C(C[NH+]1CCCCC1)NN1C(=O)NC(c2ccccc2)(c2ccccc2)C1=O. The number of quaternary nitrogens is 1. The van der Waals surface area contributed by atoms with Crippen LogP contribution in [0.5, 0.6) is 0 Å². The van der Waals surface area contributed by atoms with Gasteiger partial charge in [0.2, 0.25) is 0 Å². The Balaban J connectivity index is 1.61. The highest BCUT2D eigenvalue weighted by Crippen LogP contribution is 2.35. The Labute approximate surface area is 169 Å². The Morgan fingerprint density at radius 3 is 2.03 bits per heavy atom. The molecule has 2 aromatic rings. The average Bonchev–Trinajstić information content (AvgIpc) is 3.01. The number of nitrogens with zero attached hydrogens (tertiary/aromatic N) is 1. The molecule has 4 rings (SSSR count). The lowest BCUT2D eigenvalue weighted by Crippen LogP contribution is -3.14. The zero-order valence-electron chi connectivity index (χ0n) is 16.2. The van der Waals surface area contributed by atoms with E-state index in [9.17, 15) is 14.4 Å². The Bertz CT molecular complexity index is 855. The Hall–Kier alpha value is -3.19. The van der Waals surface area contributed by atoms with Gasteiger partial charge in [-0.2, -0.15) is 5.01 Å². The molecular weight excluding hydrogens is 368 g/mol. The topological polar surface area (TPSA) is 82.9 Å². The van der Waals surface area contributed by atoms with Crippen LogP contribution < -0.4 is 15.6 Å². The summed E-state index contributed by atoms with van der Waals surface area (Å²) in [5.74, 6) is -0.843. The summed E-state index contributed by atoms with van der Waals surface area (Å²) in [4.78, 5) is 40.0. The van der Waals surface area contributed by atoms with E-state index in [0.29, 0.717) is 11.1 Å². The first-order chi connectivity index (χ1) is 14.1. The first-order valence-electron chi connectivity index (χ1n) is 10.0. The molecule has 2 saturated heterocycles. The molecule has 2 fully saturated rings. The van der Waals surface area contributed by atoms with Crippen LogP contribution >= 0.6 is 0 Å². The van der Waals surface area contributed by atoms with Crippen molar-refractivity contribution in [3.05, 3.63) is 71.8 Å². The van der Waals surface area contributed by atoms with Crippen molar-refractivity contribution < 1.29 is 19.3 Å². The van der Waals surface area contributed by atoms with Gasteiger partial charge in [-0.1, -0.05) is 60.7 Å². The van der Waals surface area contributed by atoms with Gasteiger partial charge in [0.05, 0.1) is 13.1 Å². The number of benzene rings is 2. The van der Waals surface area contributed by atoms with E-state index >= 15 is 0 Å². The van der Waals surface area contributed by atoms with Crippen molar-refractivity contribution in [3.8, 4) is 0 Å². The van der Waals surface area contributed by atoms with Gasteiger partial charge in [-0.25, -0.2) is 4.79 Å². The first-order valence-corrected chi connectivity index (χ1v) is 10.0. The van der Waals surface area contributed by atoms with Crippen molar-refractivity contribution in [1.29, 1.82) is 0 Å². The van der Waals surface area contributed by atoms with Crippen LogP contribution in [0.15, 0.2) is 60.7 Å². The Morgan fingerprint density at radius 2 is 1.48 bits per heavy atom. The molecule has 0 bridgehead atoms. The number of urea groups is 1. The summed E-state index contributed by atoms with van der Waals surface area (Å²) in [6, 6.07) is 17.5. The predicted molar refractivity (Wildman–Crippen MR) is 107 cm³/mol. The van der Waals surface area contributed by atoms with Crippen LogP contribution in [0.1, 0.15) is 30.4 Å². The molecule has 2 aliphatic heterocycles. The van der Waals surface area contributed by atoms with Gasteiger partial charge >= 0.3 is 6.03 Å². The standard InChI is InChI=1S/C22H24N4O3/c27-19(16-25-14-8-3-9-15-25)24-26-20(28)22(23-21(26)29,17-10-4-1-5-11-17)18-12-6-2-7-13-18/h1-2,4-7,10-13H,3,8-9,14-16H2,(H,23,29)(H,24,27)/p+1. The fourth-order valence-electron chi connectivity index (χ4n) is 4.19. The fraction of sp³-hybridized carbons (Fsp3) is 0.318. The predicted octanol–water partition coefficient (Wildman–Crippen LogP) is 0.582. The summed E-state index contributed by atoms with van der Waals surface area (Å²) >= 11 is 0. The number of hydrogen-bond donors (Lipinski definition) is 3. The van der Waals surface area contributed by atoms with Crippen LogP contribution in [-0.4, -0.2) is 42.5 Å². The molecule has 0 aromatic heterocycles. The van der Waals surface area contributed by atoms with Crippen molar-refractivity contribution in [2.75, 3.05) is 19.6 Å². The lowest BCUT2D eigenvalue weighted by atomic mass is 9.83. The zero-order valence-corrected chi connectivity index (χ0v) is 16.2. The van der Waals surface area contributed by atoms with Crippen LogP contribution in [0.4, 0.5) is 4.79 Å². The van der Waals surface area contributed by atoms with E-state index in [4.69, 9.17) is 0 Å². The van der Waals surface area contributed by atoms with Gasteiger partial charge in [0.15, 0.2) is 12.1 Å². The molecule has 0 aliphatic carbocycles. The number of likely N-dealkylation sites (tertiary alicyclic amines) is 1. The molecule has 7 heteroatoms. The molecule has 7 nitrogen and oxygen atoms in total. The largest absolute Gasteiger partial charge is 0.344 e. The lowest BCUT2D eigenvalue weighted by molar-refractivity contribution is -0.896. The van der Waals surface area contributed by atoms with Gasteiger partial charge in [0, 0.05) is 0 Å². The zero-order chi connectivity index (χ0) is 20.3. The van der Waals surface area contributed by atoms with Crippen molar-refractivity contribution in [3.63, 3.8) is 0 Å². The smallest absolute Gasteiger partial charge is 0.327 e. The molecule has 150 valence electrons. The Morgan fingerprint density at radius 1 is 0.931 bits per heavy atom. The third-order valence-corrected chi connectivity index (χ3v) is 5.64. The number of carbonyl (C=O) groups is 3. The summed E-state index contributed by atoms with van der Waals surface area (Å²) in [5.41, 5.74) is 2.45. The van der Waals surface area contributed by atoms with E-state index in [0.717, 1.165) is 30.9 Å². The minimum Gasteiger partial charge on any atom is -0.327 e. The number of amides is 4. The molecule has 0 saturated carbocycles. The summed E-state index contributed by atoms with van der Waals surface area (Å²) in [5, 5.41) is 3.65. The normalized spacial score (nSPS) is 19.1. The second kappa shape index (κ2) is 8.05. The molecule has 2 heterocycles. The molecule has 2 aliphatic rings. The number of hydrazine groups is 1. The van der Waals surface area contributed by atoms with Crippen LogP contribution in [0.25, 0.3) is 0 Å². The second-order valence-corrected chi connectivity index (χ2v) is 7.58. The molecule has 4 amide bonds. The molecule has 3 N–H and O–H groups in total. The lowest BCUT2D eigenvalue weighted by Gasteiger charge is -2.28. The maximum atomic E-state index is 13.5. The van der Waals surface area contributed by atoms with Gasteiger partial charge in [-0.15, -0.1) is 0 Å². The molecule has 0 spiro atoms. The molecule has 2 aromatic carbocycles. The molecule has 29 heavy (non-hydrogen) atoms. The fourth-order valence-corrected chi connectivity index (χ4v) is 4.19. The van der Waals surface area contributed by atoms with E-state index in [1.54, 1.807) is 24.3 Å². The first kappa shape index (κ1) is 19.1. The van der Waals surface area contributed by atoms with Crippen molar-refractivity contribution in [2.24, 2.45) is 0 Å². The van der Waals surface area contributed by atoms with Gasteiger partial charge in [0.1, 0.15) is 0 Å². The third-order valence-electron chi connectivity index (χ3n) is 5.64. The second-order valence-electron chi connectivity index (χ2n) is 7.58. The maximum absolute atomic E-state index is 13.5. The summed E-state index contributed by atoms with van der Waals surface area (Å²) in [6.07, 6.45) is 3.38. The highest BCUT2D eigenvalue weighted by Gasteiger charge is 2.54. The van der Waals surface area contributed by atoms with Crippen molar-refractivity contribution >= 4 is 17.8 Å². The van der Waals surface area contributed by atoms with Gasteiger partial charge < -0.3 is 10.2 Å². The number of hydrogen-bond acceptors (Lipinski definition) is 3. The molecule has 0 unspecified atom stereocenters. The van der Waals surface area contributed by atoms with Crippen LogP contribution in [0.2, 0.25) is 0 Å². The van der Waals surface area contributed by atoms with E-state index in [-0.39, 0.29) is 12.5 Å². The monoisotopic (exact) mass is 393 g/mol. The quantitative estimate of drug-likeness (QED) is 0.650. The number of piperidine rings is 1. The minimum absolute atomic E-state index is 0.251. The summed E-state index contributed by atoms with van der Waals surface area (Å²) in [7, 11) is 0. The van der Waals surface area contributed by atoms with Crippen LogP contribution in [0, 0.1) is 0 Å². The Kier molecular flexibility index (Phi) is 5.31. The van der Waals surface area contributed by atoms with Crippen molar-refractivity contribution in [1.82, 2.24) is 15.8 Å². The summed E-state index contributed by atoms with van der Waals surface area (Å²) < 4.78 is 0. The summed E-state index contributed by atoms with van der Waals surface area (Å²) in [6.45, 7) is 2.12. The average molecular weight is 393 g/mol. The van der Waals surface area contributed by atoms with Crippen LogP contribution in [0.3, 0.4) is 0 Å². The van der Waals surface area contributed by atoms with Gasteiger partial charge in [-0.05, 0) is 30.4 Å². The highest BCUT2D eigenvalue weighted by atomic mass is 16.2. The number of nitrogens with one attached hydrogen (secondary N) is 3. The number of rotatable bonds is 5. The van der Waals surface area contributed by atoms with E-state index in [1.807, 2.05) is 36.4 Å². The van der Waals surface area contributed by atoms with E-state index < -0.39 is 17.5 Å². The molecule has 0 atom stereocenters. The molecule has 0 radical (unpaired) electrons. The van der Waals surface area contributed by atoms with Gasteiger partial charge in [-0.3, -0.25) is 15.0 Å². The highest BCUT2D eigenvalue weighted by molar-refractivity contribution is 6.10. The van der Waals surface area contributed by atoms with Gasteiger partial charge in [0.25, 0.3) is 11.8 Å². The van der Waals surface area contributed by atoms with E-state index in [1.165, 1.54) is 11.3 Å². The molecular formula is C22H25N4O3+. The number of carbonyl (C=O) groups excluding carboxylic acids is 3. The third kappa shape index (κ3) is 3.61. The van der Waals surface area contributed by atoms with Crippen molar-refractivity contribution in [2.45, 2.75) is 24.8 Å².